The van der Waals surface area contributed by atoms with Crippen LogP contribution >= 0.6 is 0 Å². The summed E-state index contributed by atoms with van der Waals surface area (Å²) in [6, 6.07) is 7.02. The summed E-state index contributed by atoms with van der Waals surface area (Å²) >= 11 is 0. The Hall–Kier alpha value is -2.63. The first-order chi connectivity index (χ1) is 14.9. The Morgan fingerprint density at radius 1 is 1.03 bits per heavy atom. The molecule has 0 atom stereocenters. The van der Waals surface area contributed by atoms with E-state index in [9.17, 15) is 14.7 Å². The van der Waals surface area contributed by atoms with Crippen molar-refractivity contribution >= 4 is 11.9 Å². The first-order valence-corrected chi connectivity index (χ1v) is 11.6. The first-order valence-electron chi connectivity index (χ1n) is 11.6. The molecule has 1 amide bonds. The smallest absolute Gasteiger partial charge is 0.335 e. The van der Waals surface area contributed by atoms with Crippen molar-refractivity contribution in [3.63, 3.8) is 0 Å². The Balaban J connectivity index is 1.30. The number of nitrogens with one attached hydrogen (secondary N) is 1. The minimum absolute atomic E-state index is 0.00834. The Bertz CT molecular complexity index is 1020. The van der Waals surface area contributed by atoms with E-state index in [-0.39, 0.29) is 16.9 Å². The highest BCUT2D eigenvalue weighted by atomic mass is 16.4. The monoisotopic (exact) mass is 419 g/mol. The molecule has 0 spiro atoms. The second kappa shape index (κ2) is 6.68. The first kappa shape index (κ1) is 19.1. The van der Waals surface area contributed by atoms with E-state index in [4.69, 9.17) is 0 Å². The fourth-order valence-corrected chi connectivity index (χ4v) is 6.85. The Kier molecular flexibility index (Phi) is 4.11. The van der Waals surface area contributed by atoms with Crippen LogP contribution < -0.4 is 5.32 Å². The summed E-state index contributed by atoms with van der Waals surface area (Å²) in [6.45, 7) is 2.19. The molecule has 31 heavy (non-hydrogen) atoms. The molecule has 0 radical (unpaired) electrons. The topological polar surface area (TPSA) is 84.2 Å². The zero-order chi connectivity index (χ0) is 21.3. The maximum absolute atomic E-state index is 13.5. The highest BCUT2D eigenvalue weighted by Crippen LogP contribution is 2.54. The van der Waals surface area contributed by atoms with Gasteiger partial charge in [-0.15, -0.1) is 0 Å². The molecule has 7 rings (SSSR count). The van der Waals surface area contributed by atoms with Gasteiger partial charge in [0.1, 0.15) is 0 Å². The number of nitrogens with zero attached hydrogens (tertiary/aromatic N) is 2. The molecule has 1 aromatic heterocycles. The summed E-state index contributed by atoms with van der Waals surface area (Å²) in [5.74, 6) is 2.10. The molecular formula is C25H29N3O3. The molecule has 5 saturated carbocycles. The van der Waals surface area contributed by atoms with E-state index in [1.54, 1.807) is 30.5 Å². The highest BCUT2D eigenvalue weighted by Gasteiger charge is 2.50. The molecule has 1 aromatic carbocycles. The van der Waals surface area contributed by atoms with Gasteiger partial charge >= 0.3 is 5.97 Å². The van der Waals surface area contributed by atoms with Crippen LogP contribution in [0.2, 0.25) is 0 Å². The molecule has 0 aliphatic heterocycles. The molecule has 0 saturated heterocycles. The van der Waals surface area contributed by atoms with Crippen LogP contribution in [0.1, 0.15) is 78.3 Å². The van der Waals surface area contributed by atoms with E-state index in [0.29, 0.717) is 23.4 Å². The number of rotatable bonds is 5. The average molecular weight is 420 g/mol. The van der Waals surface area contributed by atoms with E-state index in [2.05, 4.69) is 17.3 Å². The molecule has 162 valence electrons. The van der Waals surface area contributed by atoms with Gasteiger partial charge in [-0.3, -0.25) is 4.79 Å². The van der Waals surface area contributed by atoms with E-state index in [1.165, 1.54) is 32.1 Å². The van der Waals surface area contributed by atoms with Gasteiger partial charge in [0.25, 0.3) is 5.91 Å². The van der Waals surface area contributed by atoms with Crippen LogP contribution in [-0.4, -0.2) is 32.8 Å². The number of amides is 1. The van der Waals surface area contributed by atoms with Gasteiger partial charge in [0.2, 0.25) is 0 Å². The molecular weight excluding hydrogens is 390 g/mol. The molecule has 6 heteroatoms. The number of aromatic nitrogens is 2. The fourth-order valence-electron chi connectivity index (χ4n) is 6.85. The van der Waals surface area contributed by atoms with Gasteiger partial charge in [0.05, 0.1) is 28.7 Å². The lowest BCUT2D eigenvalue weighted by molar-refractivity contribution is -0.0119. The highest BCUT2D eigenvalue weighted by molar-refractivity contribution is 5.96. The van der Waals surface area contributed by atoms with Crippen molar-refractivity contribution < 1.29 is 14.7 Å². The van der Waals surface area contributed by atoms with Crippen LogP contribution in [0, 0.1) is 23.7 Å². The summed E-state index contributed by atoms with van der Waals surface area (Å²) in [5, 5.41) is 17.2. The van der Waals surface area contributed by atoms with Crippen LogP contribution in [0.15, 0.2) is 30.5 Å². The standard InChI is InChI=1S/C25H29N3O3/c1-25(6-7-25)22-20(13-26-28(22)19-4-2-16(3-5-19)24(30)31)23(29)27-21-17-9-14-8-15(11-17)12-18(21)10-14/h2-5,13-15,17-18,21H,6-12H2,1H3,(H,27,29)(H,30,31). The molecule has 5 fully saturated rings. The number of benzene rings is 1. The van der Waals surface area contributed by atoms with Gasteiger partial charge in [-0.05, 0) is 92.9 Å². The number of carbonyl (C=O) groups is 2. The third-order valence-corrected chi connectivity index (χ3v) is 8.47. The zero-order valence-corrected chi connectivity index (χ0v) is 17.9. The number of carboxylic acid groups (broad SMARTS) is 1. The van der Waals surface area contributed by atoms with Crippen LogP contribution in [0.3, 0.4) is 0 Å². The number of hydrogen-bond acceptors (Lipinski definition) is 3. The van der Waals surface area contributed by atoms with Crippen molar-refractivity contribution in [3.8, 4) is 5.69 Å². The van der Waals surface area contributed by atoms with Crippen LogP contribution in [0.5, 0.6) is 0 Å². The SMILES string of the molecule is CC1(c2c(C(=O)NC3C4CC5CC(C4)CC3C5)cnn2-c2ccc(C(=O)O)cc2)CC1. The summed E-state index contributed by atoms with van der Waals surface area (Å²) in [4.78, 5) is 24.7. The molecule has 2 aromatic rings. The van der Waals surface area contributed by atoms with Gasteiger partial charge in [0.15, 0.2) is 0 Å². The van der Waals surface area contributed by atoms with Crippen LogP contribution in [-0.2, 0) is 5.41 Å². The zero-order valence-electron chi connectivity index (χ0n) is 17.9. The predicted octanol–water partition coefficient (Wildman–Crippen LogP) is 4.18. The number of carboxylic acids is 1. The second-order valence-corrected chi connectivity index (χ2v) is 10.7. The van der Waals surface area contributed by atoms with Gasteiger partial charge in [-0.1, -0.05) is 6.92 Å². The molecule has 5 aliphatic rings. The summed E-state index contributed by atoms with van der Waals surface area (Å²) in [5.41, 5.74) is 2.61. The van der Waals surface area contributed by atoms with Crippen LogP contribution in [0.25, 0.3) is 5.69 Å². The van der Waals surface area contributed by atoms with Gasteiger partial charge < -0.3 is 10.4 Å². The van der Waals surface area contributed by atoms with Crippen molar-refractivity contribution in [3.05, 3.63) is 47.3 Å². The molecule has 1 heterocycles. The maximum atomic E-state index is 13.5. The van der Waals surface area contributed by atoms with Crippen LogP contribution in [0.4, 0.5) is 0 Å². The maximum Gasteiger partial charge on any atom is 0.335 e. The Morgan fingerprint density at radius 3 is 2.19 bits per heavy atom. The Morgan fingerprint density at radius 2 is 1.65 bits per heavy atom. The summed E-state index contributed by atoms with van der Waals surface area (Å²) < 4.78 is 1.84. The van der Waals surface area contributed by atoms with E-state index in [0.717, 1.165) is 36.1 Å². The van der Waals surface area contributed by atoms with Crippen molar-refractivity contribution in [2.45, 2.75) is 63.3 Å². The number of aromatic carboxylic acids is 1. The van der Waals surface area contributed by atoms with Crippen molar-refractivity contribution in [1.29, 1.82) is 0 Å². The normalized spacial score (nSPS) is 32.1. The molecule has 2 N–H and O–H groups in total. The van der Waals surface area contributed by atoms with Crippen molar-refractivity contribution in [1.82, 2.24) is 15.1 Å². The lowest BCUT2D eigenvalue weighted by Gasteiger charge is -2.54. The average Bonchev–Trinajstić information content (AvgIpc) is 3.32. The minimum atomic E-state index is -0.947. The fraction of sp³-hybridized carbons (Fsp3) is 0.560. The molecule has 4 bridgehead atoms. The Labute approximate surface area is 182 Å². The van der Waals surface area contributed by atoms with Crippen molar-refractivity contribution in [2.75, 3.05) is 0 Å². The van der Waals surface area contributed by atoms with E-state index >= 15 is 0 Å². The molecule has 0 unspecified atom stereocenters. The van der Waals surface area contributed by atoms with E-state index in [1.807, 2.05) is 4.68 Å². The third kappa shape index (κ3) is 3.10. The molecule has 5 aliphatic carbocycles. The molecule has 6 nitrogen and oxygen atoms in total. The third-order valence-electron chi connectivity index (χ3n) is 8.47. The largest absolute Gasteiger partial charge is 0.478 e. The number of hydrogen-bond donors (Lipinski definition) is 2. The second-order valence-electron chi connectivity index (χ2n) is 10.7. The minimum Gasteiger partial charge on any atom is -0.478 e. The predicted molar refractivity (Wildman–Crippen MR) is 115 cm³/mol. The van der Waals surface area contributed by atoms with Gasteiger partial charge in [0, 0.05) is 11.5 Å². The lowest BCUT2D eigenvalue weighted by atomic mass is 9.54. The summed E-state index contributed by atoms with van der Waals surface area (Å²) in [7, 11) is 0. The van der Waals surface area contributed by atoms with E-state index < -0.39 is 5.97 Å². The van der Waals surface area contributed by atoms with Crippen molar-refractivity contribution in [2.24, 2.45) is 23.7 Å². The lowest BCUT2D eigenvalue weighted by Crippen LogP contribution is -2.55. The summed E-state index contributed by atoms with van der Waals surface area (Å²) in [6.07, 6.45) is 10.3. The van der Waals surface area contributed by atoms with Gasteiger partial charge in [-0.25, -0.2) is 9.48 Å². The quantitative estimate of drug-likeness (QED) is 0.762. The number of carbonyl (C=O) groups excluding carboxylic acids is 1. The van der Waals surface area contributed by atoms with Gasteiger partial charge in [-0.2, -0.15) is 5.10 Å².